The summed E-state index contributed by atoms with van der Waals surface area (Å²) in [5.41, 5.74) is 3.47. The molecule has 3 heterocycles. The van der Waals surface area contributed by atoms with Crippen molar-refractivity contribution < 1.29 is 9.47 Å². The van der Waals surface area contributed by atoms with E-state index in [9.17, 15) is 0 Å². The Bertz CT molecular complexity index is 1180. The topological polar surface area (TPSA) is 59.5 Å². The van der Waals surface area contributed by atoms with Gasteiger partial charge >= 0.3 is 0 Å². The zero-order valence-corrected chi connectivity index (χ0v) is 19.6. The van der Waals surface area contributed by atoms with Crippen molar-refractivity contribution in [2.75, 3.05) is 45.3 Å². The third-order valence-electron chi connectivity index (χ3n) is 5.94. The molecule has 0 radical (unpaired) electrons. The maximum absolute atomic E-state index is 5.79. The van der Waals surface area contributed by atoms with Gasteiger partial charge in [0.1, 0.15) is 16.5 Å². The first-order valence-electron chi connectivity index (χ1n) is 11.3. The van der Waals surface area contributed by atoms with Crippen molar-refractivity contribution in [2.45, 2.75) is 12.6 Å². The van der Waals surface area contributed by atoms with Crippen LogP contribution < -0.4 is 5.32 Å². The predicted octanol–water partition coefficient (Wildman–Crippen LogP) is 4.99. The fraction of sp³-hybridized carbons (Fsp3) is 0.308. The summed E-state index contributed by atoms with van der Waals surface area (Å²) in [4.78, 5) is 13.3. The van der Waals surface area contributed by atoms with E-state index >= 15 is 0 Å². The molecule has 170 valence electrons. The molecular weight excluding hydrogens is 432 g/mol. The molecule has 1 fully saturated rings. The number of thiophene rings is 1. The fourth-order valence-electron chi connectivity index (χ4n) is 4.17. The number of anilines is 1. The van der Waals surface area contributed by atoms with Crippen LogP contribution in [0.3, 0.4) is 0 Å². The van der Waals surface area contributed by atoms with Crippen LogP contribution >= 0.6 is 11.3 Å². The minimum atomic E-state index is -0.0716. The summed E-state index contributed by atoms with van der Waals surface area (Å²) in [5.74, 6) is 1.70. The van der Waals surface area contributed by atoms with E-state index < -0.39 is 0 Å². The van der Waals surface area contributed by atoms with E-state index in [1.807, 2.05) is 24.3 Å². The number of hydrogen-bond donors (Lipinski definition) is 1. The van der Waals surface area contributed by atoms with E-state index in [1.165, 1.54) is 5.56 Å². The lowest BCUT2D eigenvalue weighted by molar-refractivity contribution is 0.0331. The zero-order chi connectivity index (χ0) is 22.5. The smallest absolute Gasteiger partial charge is 0.146 e. The number of fused-ring (bicyclic) bond motifs is 1. The first-order chi connectivity index (χ1) is 16.3. The van der Waals surface area contributed by atoms with Crippen LogP contribution in [0.1, 0.15) is 17.5 Å². The Morgan fingerprint density at radius 2 is 1.76 bits per heavy atom. The quantitative estimate of drug-likeness (QED) is 0.400. The highest BCUT2D eigenvalue weighted by atomic mass is 32.1. The predicted molar refractivity (Wildman–Crippen MR) is 134 cm³/mol. The molecule has 2 aromatic heterocycles. The molecule has 0 spiro atoms. The van der Waals surface area contributed by atoms with Crippen LogP contribution in [0.15, 0.2) is 66.0 Å². The second-order valence-corrected chi connectivity index (χ2v) is 8.95. The van der Waals surface area contributed by atoms with Gasteiger partial charge in [0.05, 0.1) is 31.2 Å². The van der Waals surface area contributed by atoms with Crippen LogP contribution in [0.2, 0.25) is 0 Å². The minimum absolute atomic E-state index is 0.0716. The highest BCUT2D eigenvalue weighted by Gasteiger charge is 2.19. The molecule has 4 aromatic rings. The van der Waals surface area contributed by atoms with Crippen LogP contribution in [0, 0.1) is 0 Å². The molecule has 1 atom stereocenters. The average molecular weight is 461 g/mol. The molecule has 1 saturated heterocycles. The Morgan fingerprint density at radius 1 is 1.03 bits per heavy atom. The highest BCUT2D eigenvalue weighted by molar-refractivity contribution is 7.17. The molecule has 0 bridgehead atoms. The van der Waals surface area contributed by atoms with Crippen LogP contribution in [-0.4, -0.2) is 54.8 Å². The summed E-state index contributed by atoms with van der Waals surface area (Å²) >= 11 is 1.67. The maximum atomic E-state index is 5.79. The van der Waals surface area contributed by atoms with E-state index in [2.05, 4.69) is 52.0 Å². The van der Waals surface area contributed by atoms with Crippen LogP contribution in [0.25, 0.3) is 21.3 Å². The van der Waals surface area contributed by atoms with Gasteiger partial charge in [0.15, 0.2) is 0 Å². The molecule has 1 aliphatic rings. The molecule has 0 amide bonds. The van der Waals surface area contributed by atoms with Crippen LogP contribution in [0.5, 0.6) is 0 Å². The van der Waals surface area contributed by atoms with E-state index in [0.717, 1.165) is 65.8 Å². The number of nitrogens with zero attached hydrogens (tertiary/aromatic N) is 3. The zero-order valence-electron chi connectivity index (χ0n) is 18.7. The van der Waals surface area contributed by atoms with Gasteiger partial charge in [-0.3, -0.25) is 4.90 Å². The SMILES string of the molecule is CO[C@@H](CNc1nc(CN2CCOCC2)nc2scc(-c3ccccc3)c12)c1ccccc1. The Labute approximate surface area is 198 Å². The third-order valence-corrected chi connectivity index (χ3v) is 6.82. The number of rotatable bonds is 8. The Morgan fingerprint density at radius 3 is 2.48 bits per heavy atom. The van der Waals surface area contributed by atoms with Crippen molar-refractivity contribution in [1.29, 1.82) is 0 Å². The van der Waals surface area contributed by atoms with Gasteiger partial charge in [0.25, 0.3) is 0 Å². The summed E-state index contributed by atoms with van der Waals surface area (Å²) in [6.45, 7) is 4.67. The number of ether oxygens (including phenoxy) is 2. The minimum Gasteiger partial charge on any atom is -0.379 e. The van der Waals surface area contributed by atoms with Crippen molar-refractivity contribution in [3.05, 3.63) is 77.4 Å². The van der Waals surface area contributed by atoms with Gasteiger partial charge in [-0.15, -0.1) is 11.3 Å². The maximum Gasteiger partial charge on any atom is 0.146 e. The molecule has 2 aromatic carbocycles. The normalized spacial score (nSPS) is 15.5. The summed E-state index contributed by atoms with van der Waals surface area (Å²) in [7, 11) is 1.75. The van der Waals surface area contributed by atoms with Crippen LogP contribution in [-0.2, 0) is 16.0 Å². The molecule has 0 aliphatic carbocycles. The molecule has 7 heteroatoms. The van der Waals surface area contributed by atoms with Gasteiger partial charge in [-0.2, -0.15) is 0 Å². The van der Waals surface area contributed by atoms with Crippen molar-refractivity contribution >= 4 is 27.4 Å². The van der Waals surface area contributed by atoms with Crippen LogP contribution in [0.4, 0.5) is 5.82 Å². The van der Waals surface area contributed by atoms with Gasteiger partial charge in [-0.25, -0.2) is 9.97 Å². The molecule has 0 unspecified atom stereocenters. The van der Waals surface area contributed by atoms with Crippen molar-refractivity contribution in [1.82, 2.24) is 14.9 Å². The molecule has 5 rings (SSSR count). The third kappa shape index (κ3) is 5.07. The first kappa shape index (κ1) is 22.0. The average Bonchev–Trinajstić information content (AvgIpc) is 3.30. The van der Waals surface area contributed by atoms with E-state index in [0.29, 0.717) is 6.54 Å². The molecule has 6 nitrogen and oxygen atoms in total. The number of methoxy groups -OCH3 is 1. The molecule has 0 saturated carbocycles. The van der Waals surface area contributed by atoms with Crippen molar-refractivity contribution in [3.8, 4) is 11.1 Å². The fourth-order valence-corrected chi connectivity index (χ4v) is 5.13. The second-order valence-electron chi connectivity index (χ2n) is 8.09. The summed E-state index contributed by atoms with van der Waals surface area (Å²) in [6.07, 6.45) is -0.0716. The summed E-state index contributed by atoms with van der Waals surface area (Å²) in [6, 6.07) is 20.7. The molecule has 1 N–H and O–H groups in total. The largest absolute Gasteiger partial charge is 0.379 e. The lowest BCUT2D eigenvalue weighted by Gasteiger charge is -2.26. The Kier molecular flexibility index (Phi) is 6.92. The Hall–Kier alpha value is -2.84. The second kappa shape index (κ2) is 10.4. The number of morpholine rings is 1. The number of nitrogens with one attached hydrogen (secondary N) is 1. The van der Waals surface area contributed by atoms with Gasteiger partial charge < -0.3 is 14.8 Å². The van der Waals surface area contributed by atoms with Gasteiger partial charge in [0, 0.05) is 37.7 Å². The summed E-state index contributed by atoms with van der Waals surface area (Å²) in [5, 5.41) is 6.85. The van der Waals surface area contributed by atoms with E-state index in [-0.39, 0.29) is 6.10 Å². The number of benzene rings is 2. The van der Waals surface area contributed by atoms with Gasteiger partial charge in [0.2, 0.25) is 0 Å². The Balaban J connectivity index is 1.49. The first-order valence-corrected chi connectivity index (χ1v) is 12.1. The molecule has 1 aliphatic heterocycles. The van der Waals surface area contributed by atoms with E-state index in [1.54, 1.807) is 18.4 Å². The summed E-state index contributed by atoms with van der Waals surface area (Å²) < 4.78 is 11.3. The highest BCUT2D eigenvalue weighted by Crippen LogP contribution is 2.37. The van der Waals surface area contributed by atoms with E-state index in [4.69, 9.17) is 19.4 Å². The van der Waals surface area contributed by atoms with Crippen molar-refractivity contribution in [2.24, 2.45) is 0 Å². The lowest BCUT2D eigenvalue weighted by atomic mass is 10.1. The van der Waals surface area contributed by atoms with Crippen molar-refractivity contribution in [3.63, 3.8) is 0 Å². The van der Waals surface area contributed by atoms with Gasteiger partial charge in [-0.05, 0) is 11.1 Å². The lowest BCUT2D eigenvalue weighted by Crippen LogP contribution is -2.36. The number of hydrogen-bond acceptors (Lipinski definition) is 7. The standard InChI is InChI=1S/C26H28N4O2S/c1-31-22(20-10-6-3-7-11-20)16-27-25-24-21(19-8-4-2-5-9-19)18-33-26(24)29-23(28-25)17-30-12-14-32-15-13-30/h2-11,18,22H,12-17H2,1H3,(H,27,28,29)/t22-/m0/s1. The monoisotopic (exact) mass is 460 g/mol. The molecular formula is C26H28N4O2S. The molecule has 33 heavy (non-hydrogen) atoms. The number of aromatic nitrogens is 2. The van der Waals surface area contributed by atoms with Gasteiger partial charge in [-0.1, -0.05) is 60.7 Å².